The molecule has 0 radical (unpaired) electrons. The topological polar surface area (TPSA) is 120 Å². The molecule has 1 aliphatic heterocycles. The minimum absolute atomic E-state index is 0.115. The molecule has 1 heterocycles. The van der Waals surface area contributed by atoms with Gasteiger partial charge < -0.3 is 18.6 Å². The Morgan fingerprint density at radius 1 is 1.13 bits per heavy atom. The van der Waals surface area contributed by atoms with E-state index in [0.29, 0.717) is 5.56 Å². The molecule has 1 aromatic rings. The number of carbonyl (C=O) groups is 2. The summed E-state index contributed by atoms with van der Waals surface area (Å²) in [5, 5.41) is 3.78. The SMILES string of the molecule is CC(=O)O[C@@H]1O[C@H](C)[C@@H](O[Si](C)(C)C(C)(C)C)[C@H](N=[N+]=[N-])[C@H]1OC(=O)c1ccccc1. The van der Waals surface area contributed by atoms with Crippen molar-refractivity contribution in [2.45, 2.75) is 83.4 Å². The maximum atomic E-state index is 12.7. The van der Waals surface area contributed by atoms with Gasteiger partial charge in [0, 0.05) is 11.8 Å². The van der Waals surface area contributed by atoms with Crippen molar-refractivity contribution in [1.29, 1.82) is 0 Å². The van der Waals surface area contributed by atoms with E-state index in [1.807, 2.05) is 0 Å². The van der Waals surface area contributed by atoms with Crippen molar-refractivity contribution in [3.63, 3.8) is 0 Å². The van der Waals surface area contributed by atoms with E-state index in [1.165, 1.54) is 6.92 Å². The van der Waals surface area contributed by atoms with Crippen molar-refractivity contribution in [3.8, 4) is 0 Å². The first-order valence-electron chi connectivity index (χ1n) is 10.2. The first kappa shape index (κ1) is 24.9. The maximum Gasteiger partial charge on any atom is 0.338 e. The number of benzene rings is 1. The highest BCUT2D eigenvalue weighted by Gasteiger charge is 2.51. The summed E-state index contributed by atoms with van der Waals surface area (Å²) < 4.78 is 23.3. The number of hydrogen-bond donors (Lipinski definition) is 0. The van der Waals surface area contributed by atoms with Crippen LogP contribution >= 0.6 is 0 Å². The van der Waals surface area contributed by atoms with Crippen LogP contribution in [0.25, 0.3) is 10.4 Å². The summed E-state index contributed by atoms with van der Waals surface area (Å²) in [5.74, 6) is -1.26. The highest BCUT2D eigenvalue weighted by Crippen LogP contribution is 2.40. The fourth-order valence-corrected chi connectivity index (χ4v) is 4.38. The lowest BCUT2D eigenvalue weighted by Gasteiger charge is -2.47. The van der Waals surface area contributed by atoms with E-state index >= 15 is 0 Å². The van der Waals surface area contributed by atoms with Crippen molar-refractivity contribution in [2.75, 3.05) is 0 Å². The van der Waals surface area contributed by atoms with Gasteiger partial charge in [-0.1, -0.05) is 44.1 Å². The molecule has 1 aliphatic rings. The number of nitrogens with zero attached hydrogens (tertiary/aromatic N) is 3. The largest absolute Gasteiger partial charge is 0.452 e. The smallest absolute Gasteiger partial charge is 0.338 e. The average Bonchev–Trinajstić information content (AvgIpc) is 2.66. The van der Waals surface area contributed by atoms with E-state index in [-0.39, 0.29) is 5.04 Å². The van der Waals surface area contributed by atoms with E-state index in [2.05, 4.69) is 43.9 Å². The van der Waals surface area contributed by atoms with Crippen molar-refractivity contribution < 1.29 is 28.2 Å². The summed E-state index contributed by atoms with van der Waals surface area (Å²) in [4.78, 5) is 27.4. The Morgan fingerprint density at radius 2 is 1.74 bits per heavy atom. The Balaban J connectivity index is 2.42. The van der Waals surface area contributed by atoms with E-state index in [4.69, 9.17) is 18.6 Å². The molecule has 0 N–H and O–H groups in total. The summed E-state index contributed by atoms with van der Waals surface area (Å²) in [7, 11) is -2.30. The van der Waals surface area contributed by atoms with Gasteiger partial charge in [-0.2, -0.15) is 0 Å². The number of hydrogen-bond acceptors (Lipinski definition) is 7. The molecule has 0 aliphatic carbocycles. The van der Waals surface area contributed by atoms with E-state index in [9.17, 15) is 15.1 Å². The molecule has 1 aromatic carbocycles. The minimum Gasteiger partial charge on any atom is -0.452 e. The Hall–Kier alpha value is -2.39. The summed E-state index contributed by atoms with van der Waals surface area (Å²) >= 11 is 0. The Kier molecular flexibility index (Phi) is 7.88. The molecule has 0 spiro atoms. The molecule has 0 saturated carbocycles. The highest BCUT2D eigenvalue weighted by atomic mass is 28.4. The Morgan fingerprint density at radius 3 is 2.26 bits per heavy atom. The third kappa shape index (κ3) is 6.07. The van der Waals surface area contributed by atoms with Gasteiger partial charge in [-0.15, -0.1) is 0 Å². The molecule has 5 atom stereocenters. The number of rotatable bonds is 6. The normalized spacial score (nSPS) is 26.5. The zero-order valence-corrected chi connectivity index (χ0v) is 20.1. The molecule has 1 saturated heterocycles. The second kappa shape index (κ2) is 9.82. The van der Waals surface area contributed by atoms with Gasteiger partial charge in [0.2, 0.25) is 6.29 Å². The van der Waals surface area contributed by atoms with Crippen molar-refractivity contribution >= 4 is 20.3 Å². The van der Waals surface area contributed by atoms with Crippen LogP contribution in [0.4, 0.5) is 0 Å². The molecule has 9 nitrogen and oxygen atoms in total. The van der Waals surface area contributed by atoms with Gasteiger partial charge in [-0.3, -0.25) is 4.79 Å². The number of esters is 2. The summed E-state index contributed by atoms with van der Waals surface area (Å²) in [6.45, 7) is 13.4. The molecule has 0 amide bonds. The zero-order valence-electron chi connectivity index (χ0n) is 19.1. The van der Waals surface area contributed by atoms with E-state index < -0.39 is 50.9 Å². The summed E-state index contributed by atoms with van der Waals surface area (Å²) in [6, 6.07) is 7.43. The Bertz CT molecular complexity index is 835. The van der Waals surface area contributed by atoms with Crippen LogP contribution in [-0.4, -0.2) is 50.9 Å². The fraction of sp³-hybridized carbons (Fsp3) is 0.619. The van der Waals surface area contributed by atoms with Crippen LogP contribution in [0.3, 0.4) is 0 Å². The third-order valence-corrected chi connectivity index (χ3v) is 10.2. The van der Waals surface area contributed by atoms with Gasteiger partial charge in [0.1, 0.15) is 6.04 Å². The van der Waals surface area contributed by atoms with Crippen molar-refractivity contribution in [3.05, 3.63) is 46.3 Å². The lowest BCUT2D eigenvalue weighted by atomic mass is 9.97. The molecule has 1 fully saturated rings. The van der Waals surface area contributed by atoms with Crippen LogP contribution in [0.15, 0.2) is 35.4 Å². The lowest BCUT2D eigenvalue weighted by molar-refractivity contribution is -0.256. The average molecular weight is 450 g/mol. The standard InChI is InChI=1S/C21H31N3O6Si/c1-13-17(30-31(6,7)21(3,4)5)16(23-24-22)18(20(27-13)28-14(2)25)29-19(26)15-11-9-8-10-12-15/h8-13,16-18,20H,1-7H3/t13-,16+,17-,18-,20+/m1/s1. The molecular weight excluding hydrogens is 418 g/mol. The quantitative estimate of drug-likeness (QED) is 0.206. The molecule has 170 valence electrons. The predicted octanol–water partition coefficient (Wildman–Crippen LogP) is 4.59. The monoisotopic (exact) mass is 449 g/mol. The molecule has 0 aromatic heterocycles. The number of azide groups is 1. The summed E-state index contributed by atoms with van der Waals surface area (Å²) in [5.41, 5.74) is 9.55. The van der Waals surface area contributed by atoms with E-state index in [1.54, 1.807) is 37.3 Å². The van der Waals surface area contributed by atoms with Crippen molar-refractivity contribution in [1.82, 2.24) is 0 Å². The van der Waals surface area contributed by atoms with Gasteiger partial charge >= 0.3 is 11.9 Å². The number of ether oxygens (including phenoxy) is 3. The first-order valence-corrected chi connectivity index (χ1v) is 13.1. The van der Waals surface area contributed by atoms with Crippen LogP contribution in [0, 0.1) is 0 Å². The van der Waals surface area contributed by atoms with Gasteiger partial charge in [-0.25, -0.2) is 4.79 Å². The molecule has 0 bridgehead atoms. The van der Waals surface area contributed by atoms with Gasteiger partial charge in [0.05, 0.1) is 17.8 Å². The van der Waals surface area contributed by atoms with Crippen LogP contribution < -0.4 is 0 Å². The molecule has 2 rings (SSSR count). The molecule has 31 heavy (non-hydrogen) atoms. The summed E-state index contributed by atoms with van der Waals surface area (Å²) in [6.07, 6.45) is -3.65. The second-order valence-corrected chi connectivity index (χ2v) is 13.8. The van der Waals surface area contributed by atoms with Gasteiger partial charge in [-0.05, 0) is 42.7 Å². The molecule has 0 unspecified atom stereocenters. The Labute approximate surface area is 183 Å². The lowest BCUT2D eigenvalue weighted by Crippen LogP contribution is -2.62. The molecule has 10 heteroatoms. The van der Waals surface area contributed by atoms with Gasteiger partial charge in [0.15, 0.2) is 14.4 Å². The molecular formula is C21H31N3O6Si. The fourth-order valence-electron chi connectivity index (χ4n) is 3.02. The predicted molar refractivity (Wildman–Crippen MR) is 117 cm³/mol. The minimum atomic E-state index is -2.30. The van der Waals surface area contributed by atoms with Crippen molar-refractivity contribution in [2.24, 2.45) is 5.11 Å². The van der Waals surface area contributed by atoms with Crippen LogP contribution in [0.5, 0.6) is 0 Å². The van der Waals surface area contributed by atoms with Crippen LogP contribution in [0.1, 0.15) is 45.0 Å². The van der Waals surface area contributed by atoms with Crippen LogP contribution in [-0.2, 0) is 23.4 Å². The van der Waals surface area contributed by atoms with E-state index in [0.717, 1.165) is 0 Å². The van der Waals surface area contributed by atoms with Crippen LogP contribution in [0.2, 0.25) is 18.1 Å². The number of carbonyl (C=O) groups excluding carboxylic acids is 2. The van der Waals surface area contributed by atoms with Gasteiger partial charge in [0.25, 0.3) is 0 Å². The first-order chi connectivity index (χ1) is 14.4. The second-order valence-electron chi connectivity index (χ2n) is 9.09. The maximum absolute atomic E-state index is 12.7. The zero-order chi connectivity index (χ0) is 23.4. The highest BCUT2D eigenvalue weighted by molar-refractivity contribution is 6.74. The third-order valence-electron chi connectivity index (χ3n) is 5.71.